The van der Waals surface area contributed by atoms with Gasteiger partial charge in [-0.25, -0.2) is 5.43 Å². The van der Waals surface area contributed by atoms with Gasteiger partial charge in [-0.3, -0.25) is 5.84 Å². The van der Waals surface area contributed by atoms with Gasteiger partial charge in [0.2, 0.25) is 0 Å². The van der Waals surface area contributed by atoms with Gasteiger partial charge in [0.25, 0.3) is 0 Å². The summed E-state index contributed by atoms with van der Waals surface area (Å²) in [6, 6.07) is 18.7. The molecule has 0 saturated carbocycles. The molecule has 0 amide bonds. The minimum atomic E-state index is -0.620. The van der Waals surface area contributed by atoms with Gasteiger partial charge in [-0.05, 0) is 80.9 Å². The first-order valence-electron chi connectivity index (χ1n) is 12.8. The highest BCUT2D eigenvalue weighted by molar-refractivity contribution is 7.13. The van der Waals surface area contributed by atoms with E-state index >= 15 is 0 Å². The molecule has 2 atom stereocenters. The third kappa shape index (κ3) is 7.41. The van der Waals surface area contributed by atoms with E-state index in [1.54, 1.807) is 11.3 Å². The molecule has 4 rings (SSSR count). The van der Waals surface area contributed by atoms with Crippen LogP contribution >= 0.6 is 11.3 Å². The number of rotatable bonds is 14. The number of hydrazine groups is 1. The number of aromatic amines is 1. The van der Waals surface area contributed by atoms with Gasteiger partial charge in [-0.1, -0.05) is 30.3 Å². The largest absolute Gasteiger partial charge is 0.490 e. The third-order valence-corrected chi connectivity index (χ3v) is 7.56. The summed E-state index contributed by atoms with van der Waals surface area (Å²) in [5.74, 6) is 6.36. The molecule has 8 heteroatoms. The van der Waals surface area contributed by atoms with Crippen molar-refractivity contribution in [2.45, 2.75) is 50.9 Å². The Kier molecular flexibility index (Phi) is 9.37. The van der Waals surface area contributed by atoms with Crippen molar-refractivity contribution in [3.05, 3.63) is 77.3 Å². The van der Waals surface area contributed by atoms with E-state index in [0.717, 1.165) is 41.0 Å². The molecule has 2 unspecified atom stereocenters. The number of hydrogen-bond donors (Lipinski definition) is 6. The molecule has 0 aliphatic rings. The van der Waals surface area contributed by atoms with Crippen molar-refractivity contribution in [3.63, 3.8) is 0 Å². The minimum Gasteiger partial charge on any atom is -0.490 e. The monoisotopic (exact) mass is 521 g/mol. The first-order chi connectivity index (χ1) is 17.9. The summed E-state index contributed by atoms with van der Waals surface area (Å²) in [7, 11) is 1.90. The normalized spacial score (nSPS) is 13.6. The molecule has 0 fully saturated rings. The number of nitrogens with one attached hydrogen (secondary N) is 4. The minimum absolute atomic E-state index is 0.0956. The van der Waals surface area contributed by atoms with Gasteiger partial charge in [0, 0.05) is 39.6 Å². The molecule has 198 valence electrons. The maximum Gasteiger partial charge on any atom is 0.128 e. The van der Waals surface area contributed by atoms with Gasteiger partial charge >= 0.3 is 0 Å². The smallest absolute Gasteiger partial charge is 0.128 e. The third-order valence-electron chi connectivity index (χ3n) is 6.66. The van der Waals surface area contributed by atoms with Gasteiger partial charge in [0.1, 0.15) is 18.5 Å². The Hall–Kier alpha value is -2.72. The van der Waals surface area contributed by atoms with Crippen LogP contribution in [0.4, 0.5) is 0 Å². The number of thiophene rings is 1. The molecule has 4 aromatic rings. The number of aromatic nitrogens is 1. The number of nitrogens with two attached hydrogens (primary N) is 1. The molecule has 7 N–H and O–H groups in total. The molecular weight excluding hydrogens is 482 g/mol. The van der Waals surface area contributed by atoms with Crippen molar-refractivity contribution in [3.8, 4) is 16.2 Å². The zero-order chi connectivity index (χ0) is 26.3. The molecule has 2 aromatic heterocycles. The lowest BCUT2D eigenvalue weighted by molar-refractivity contribution is 0.0991. The van der Waals surface area contributed by atoms with Crippen LogP contribution in [-0.2, 0) is 12.8 Å². The molecule has 7 nitrogen and oxygen atoms in total. The summed E-state index contributed by atoms with van der Waals surface area (Å²) in [6.45, 7) is 5.01. The van der Waals surface area contributed by atoms with Crippen molar-refractivity contribution in [2.75, 3.05) is 20.2 Å². The van der Waals surface area contributed by atoms with Crippen LogP contribution in [0.5, 0.6) is 5.75 Å². The van der Waals surface area contributed by atoms with Gasteiger partial charge in [0.05, 0.1) is 6.17 Å². The van der Waals surface area contributed by atoms with Gasteiger partial charge in [0.15, 0.2) is 0 Å². The fourth-order valence-corrected chi connectivity index (χ4v) is 5.32. The van der Waals surface area contributed by atoms with Crippen LogP contribution < -0.4 is 26.6 Å². The second-order valence-corrected chi connectivity index (χ2v) is 11.1. The lowest BCUT2D eigenvalue weighted by Gasteiger charge is -2.28. The quantitative estimate of drug-likeness (QED) is 0.0844. The van der Waals surface area contributed by atoms with Crippen molar-refractivity contribution in [1.82, 2.24) is 21.0 Å². The fourth-order valence-electron chi connectivity index (χ4n) is 4.56. The van der Waals surface area contributed by atoms with Gasteiger partial charge in [-0.15, -0.1) is 11.3 Å². The van der Waals surface area contributed by atoms with Crippen molar-refractivity contribution in [1.29, 1.82) is 0 Å². The Morgan fingerprint density at radius 2 is 1.97 bits per heavy atom. The lowest BCUT2D eigenvalue weighted by atomic mass is 9.94. The van der Waals surface area contributed by atoms with E-state index in [0.29, 0.717) is 6.54 Å². The number of H-pyrrole nitrogens is 1. The van der Waals surface area contributed by atoms with Gasteiger partial charge in [-0.2, -0.15) is 0 Å². The Labute approximate surface area is 223 Å². The van der Waals surface area contributed by atoms with E-state index in [1.165, 1.54) is 16.5 Å². The van der Waals surface area contributed by atoms with Crippen LogP contribution in [0.2, 0.25) is 0 Å². The van der Waals surface area contributed by atoms with E-state index in [2.05, 4.69) is 76.8 Å². The van der Waals surface area contributed by atoms with Crippen molar-refractivity contribution >= 4 is 22.2 Å². The highest BCUT2D eigenvalue weighted by Gasteiger charge is 2.21. The number of hydrogen-bond acceptors (Lipinski definition) is 7. The lowest BCUT2D eigenvalue weighted by Crippen LogP contribution is -2.46. The molecule has 0 bridgehead atoms. The number of fused-ring (bicyclic) bond motifs is 1. The SMILES string of the molecule is CNC(CCc1ccc2c(CC(C)(C)NCC(O)COc3ccccc3-c3cccs3)c[nH]c2c1)NN. The summed E-state index contributed by atoms with van der Waals surface area (Å²) >= 11 is 1.68. The predicted molar refractivity (Wildman–Crippen MR) is 154 cm³/mol. The van der Waals surface area contributed by atoms with Gasteiger partial charge < -0.3 is 25.5 Å². The second-order valence-electron chi connectivity index (χ2n) is 10.1. The maximum absolute atomic E-state index is 10.6. The predicted octanol–water partition coefficient (Wildman–Crippen LogP) is 4.19. The van der Waals surface area contributed by atoms with E-state index < -0.39 is 6.10 Å². The molecule has 0 spiro atoms. The first kappa shape index (κ1) is 27.3. The molecule has 2 aromatic carbocycles. The molecule has 0 radical (unpaired) electrons. The highest BCUT2D eigenvalue weighted by Crippen LogP contribution is 2.33. The molecule has 0 aliphatic carbocycles. The highest BCUT2D eigenvalue weighted by atomic mass is 32.1. The zero-order valence-electron chi connectivity index (χ0n) is 21.9. The average Bonchev–Trinajstić information content (AvgIpc) is 3.57. The maximum atomic E-state index is 10.6. The van der Waals surface area contributed by atoms with Crippen LogP contribution in [0.15, 0.2) is 66.2 Å². The first-order valence-corrected chi connectivity index (χ1v) is 13.7. The van der Waals surface area contributed by atoms with E-state index in [4.69, 9.17) is 10.6 Å². The van der Waals surface area contributed by atoms with Crippen LogP contribution in [-0.4, -0.2) is 48.1 Å². The van der Waals surface area contributed by atoms with Crippen LogP contribution in [0, 0.1) is 0 Å². The average molecular weight is 522 g/mol. The fraction of sp³-hybridized carbons (Fsp3) is 0.379. The Bertz CT molecular complexity index is 1250. The van der Waals surface area contributed by atoms with E-state index in [9.17, 15) is 5.11 Å². The Morgan fingerprint density at radius 3 is 2.73 bits per heavy atom. The molecule has 37 heavy (non-hydrogen) atoms. The van der Waals surface area contributed by atoms with E-state index in [-0.39, 0.29) is 18.3 Å². The number of aliphatic hydroxyl groups is 1. The zero-order valence-corrected chi connectivity index (χ0v) is 22.7. The Balaban J connectivity index is 1.30. The number of aryl methyl sites for hydroxylation is 1. The van der Waals surface area contributed by atoms with Crippen LogP contribution in [0.25, 0.3) is 21.3 Å². The topological polar surface area (TPSA) is 107 Å². The summed E-state index contributed by atoms with van der Waals surface area (Å²) in [5.41, 5.74) is 7.31. The van der Waals surface area contributed by atoms with Crippen LogP contribution in [0.1, 0.15) is 31.4 Å². The number of β-amino-alcohol motifs (C(OH)–C–C–N with tert-alkyl or cyclic N) is 1. The summed E-state index contributed by atoms with van der Waals surface area (Å²) in [5, 5.41) is 20.6. The molecular formula is C29H39N5O2S. The second kappa shape index (κ2) is 12.7. The molecule has 2 heterocycles. The summed E-state index contributed by atoms with van der Waals surface area (Å²) < 4.78 is 6.01. The molecule has 0 saturated heterocycles. The number of para-hydroxylation sites is 1. The summed E-state index contributed by atoms with van der Waals surface area (Å²) in [4.78, 5) is 4.59. The number of benzene rings is 2. The standard InChI is InChI=1S/C29H39N5O2S/c1-29(2,16-21-17-32-25-15-20(10-12-23(21)25)11-13-28(31-3)34-30)33-18-22(35)19-36-26-8-5-4-7-24(26)27-9-6-14-37-27/h4-10,12,14-15,17,22,28,31-35H,11,13,16,18-19,30H2,1-3H3. The summed E-state index contributed by atoms with van der Waals surface area (Å²) in [6.07, 6.45) is 4.25. The Morgan fingerprint density at radius 1 is 1.14 bits per heavy atom. The van der Waals surface area contributed by atoms with Crippen LogP contribution in [0.3, 0.4) is 0 Å². The number of ether oxygens (including phenoxy) is 1. The van der Waals surface area contributed by atoms with Crippen molar-refractivity contribution in [2.24, 2.45) is 5.84 Å². The van der Waals surface area contributed by atoms with E-state index in [1.807, 2.05) is 31.3 Å². The number of aliphatic hydroxyl groups excluding tert-OH is 1. The van der Waals surface area contributed by atoms with Crippen molar-refractivity contribution < 1.29 is 9.84 Å². The molecule has 0 aliphatic heterocycles.